The van der Waals surface area contributed by atoms with Crippen LogP contribution >= 0.6 is 0 Å². The maximum absolute atomic E-state index is 13.0. The van der Waals surface area contributed by atoms with Crippen molar-refractivity contribution in [3.63, 3.8) is 0 Å². The van der Waals surface area contributed by atoms with E-state index in [0.717, 1.165) is 12.8 Å². The molecule has 0 aromatic heterocycles. The van der Waals surface area contributed by atoms with E-state index in [1.165, 1.54) is 0 Å². The van der Waals surface area contributed by atoms with E-state index in [1.807, 2.05) is 13.8 Å². The third-order valence-electron chi connectivity index (χ3n) is 8.69. The molecule has 8 atom stereocenters. The number of hydrogen-bond donors (Lipinski definition) is 0. The molecule has 8 unspecified atom stereocenters. The lowest BCUT2D eigenvalue weighted by Gasteiger charge is -2.33. The molecule has 40 heavy (non-hydrogen) atoms. The Kier molecular flexibility index (Phi) is 10.5. The number of rotatable bonds is 13. The minimum absolute atomic E-state index is 0.0181. The second-order valence-electron chi connectivity index (χ2n) is 13.1. The standard InChI is InChI=1S/C30H46O10/c1-18-5-7-22(24(11-18)28(33)38-15-20-13-36-20)26(31)35-10-9-30(3,4)17-40-27(32)23-8-6-19(2)12-25(23)29(34)39-16-21-14-37-21/h18-25H,5-17H2,1-4H3. The zero-order chi connectivity index (χ0) is 28.9. The molecular weight excluding hydrogens is 520 g/mol. The van der Waals surface area contributed by atoms with Gasteiger partial charge in [-0.05, 0) is 56.8 Å². The molecule has 0 spiro atoms. The van der Waals surface area contributed by atoms with Crippen LogP contribution in [0.15, 0.2) is 0 Å². The highest BCUT2D eigenvalue weighted by molar-refractivity contribution is 5.83. The topological polar surface area (TPSA) is 130 Å². The summed E-state index contributed by atoms with van der Waals surface area (Å²) in [6.07, 6.45) is 4.56. The summed E-state index contributed by atoms with van der Waals surface area (Å²) in [4.78, 5) is 51.4. The van der Waals surface area contributed by atoms with Crippen LogP contribution in [0.2, 0.25) is 0 Å². The summed E-state index contributed by atoms with van der Waals surface area (Å²) in [6, 6.07) is 0. The summed E-state index contributed by atoms with van der Waals surface area (Å²) >= 11 is 0. The Bertz CT molecular complexity index is 908. The monoisotopic (exact) mass is 566 g/mol. The Morgan fingerprint density at radius 2 is 1.07 bits per heavy atom. The van der Waals surface area contributed by atoms with Crippen molar-refractivity contribution >= 4 is 23.9 Å². The van der Waals surface area contributed by atoms with Crippen molar-refractivity contribution < 1.29 is 47.6 Å². The van der Waals surface area contributed by atoms with E-state index in [4.69, 9.17) is 28.4 Å². The molecule has 2 aliphatic heterocycles. The molecule has 226 valence electrons. The van der Waals surface area contributed by atoms with Crippen molar-refractivity contribution in [2.45, 2.75) is 84.8 Å². The van der Waals surface area contributed by atoms with E-state index < -0.39 is 29.1 Å². The summed E-state index contributed by atoms with van der Waals surface area (Å²) in [5.74, 6) is -2.82. The number of carbonyl (C=O) groups is 4. The quantitative estimate of drug-likeness (QED) is 0.186. The molecule has 10 nitrogen and oxygen atoms in total. The Balaban J connectivity index is 1.21. The van der Waals surface area contributed by atoms with Crippen molar-refractivity contribution in [1.29, 1.82) is 0 Å². The average Bonchev–Trinajstić information content (AvgIpc) is 3.84. The SMILES string of the molecule is CC1CCC(C(=O)OCCC(C)(C)COC(=O)C2CCC(C)CC2C(=O)OCC2CO2)C(C(=O)OCC2CO2)C1. The van der Waals surface area contributed by atoms with Crippen LogP contribution in [0, 0.1) is 40.9 Å². The van der Waals surface area contributed by atoms with Gasteiger partial charge in [0.25, 0.3) is 0 Å². The molecule has 10 heteroatoms. The first kappa shape index (κ1) is 30.8. The van der Waals surface area contributed by atoms with Crippen LogP contribution in [0.3, 0.4) is 0 Å². The van der Waals surface area contributed by atoms with E-state index in [0.29, 0.717) is 57.2 Å². The van der Waals surface area contributed by atoms with Crippen molar-refractivity contribution in [3.8, 4) is 0 Å². The molecule has 0 aromatic rings. The van der Waals surface area contributed by atoms with Crippen molar-refractivity contribution in [1.82, 2.24) is 0 Å². The minimum atomic E-state index is -0.519. The Hall–Kier alpha value is -2.20. The van der Waals surface area contributed by atoms with Crippen LogP contribution in [0.5, 0.6) is 0 Å². The molecule has 0 radical (unpaired) electrons. The van der Waals surface area contributed by atoms with E-state index in [2.05, 4.69) is 13.8 Å². The summed E-state index contributed by atoms with van der Waals surface area (Å²) in [7, 11) is 0. The largest absolute Gasteiger partial charge is 0.465 e. The lowest BCUT2D eigenvalue weighted by Crippen LogP contribution is -2.39. The summed E-state index contributed by atoms with van der Waals surface area (Å²) in [6.45, 7) is 10.0. The highest BCUT2D eigenvalue weighted by atomic mass is 16.6. The lowest BCUT2D eigenvalue weighted by atomic mass is 9.74. The molecule has 2 aliphatic carbocycles. The molecule has 4 aliphatic rings. The first-order chi connectivity index (χ1) is 19.0. The van der Waals surface area contributed by atoms with Crippen LogP contribution in [0.1, 0.15) is 72.6 Å². The van der Waals surface area contributed by atoms with Gasteiger partial charge in [-0.3, -0.25) is 19.2 Å². The van der Waals surface area contributed by atoms with Gasteiger partial charge < -0.3 is 28.4 Å². The fraction of sp³-hybridized carbons (Fsp3) is 0.867. The number of ether oxygens (including phenoxy) is 6. The van der Waals surface area contributed by atoms with Crippen LogP contribution in [-0.2, 0) is 47.6 Å². The number of epoxide rings is 2. The molecule has 2 heterocycles. The van der Waals surface area contributed by atoms with E-state index in [1.54, 1.807) is 0 Å². The summed E-state index contributed by atoms with van der Waals surface area (Å²) < 4.78 is 32.4. The van der Waals surface area contributed by atoms with Gasteiger partial charge >= 0.3 is 23.9 Å². The van der Waals surface area contributed by atoms with Crippen LogP contribution in [0.4, 0.5) is 0 Å². The van der Waals surface area contributed by atoms with Gasteiger partial charge in [0, 0.05) is 5.41 Å². The van der Waals surface area contributed by atoms with E-state index in [9.17, 15) is 19.2 Å². The first-order valence-corrected chi connectivity index (χ1v) is 14.9. The smallest absolute Gasteiger partial charge is 0.309 e. The van der Waals surface area contributed by atoms with Crippen molar-refractivity contribution in [3.05, 3.63) is 0 Å². The van der Waals surface area contributed by atoms with Crippen LogP contribution in [0.25, 0.3) is 0 Å². The van der Waals surface area contributed by atoms with Gasteiger partial charge in [0.1, 0.15) is 25.4 Å². The Labute approximate surface area is 237 Å². The normalized spacial score (nSPS) is 33.4. The van der Waals surface area contributed by atoms with Gasteiger partial charge in [0.15, 0.2) is 0 Å². The van der Waals surface area contributed by atoms with Crippen LogP contribution in [-0.4, -0.2) is 75.7 Å². The molecule has 2 saturated carbocycles. The predicted molar refractivity (Wildman–Crippen MR) is 142 cm³/mol. The van der Waals surface area contributed by atoms with Gasteiger partial charge in [-0.15, -0.1) is 0 Å². The fourth-order valence-electron chi connectivity index (χ4n) is 5.72. The molecule has 4 fully saturated rings. The molecular formula is C30H46O10. The summed E-state index contributed by atoms with van der Waals surface area (Å²) in [5, 5.41) is 0. The van der Waals surface area contributed by atoms with Gasteiger partial charge in [0.05, 0.1) is 50.1 Å². The zero-order valence-electron chi connectivity index (χ0n) is 24.4. The van der Waals surface area contributed by atoms with Gasteiger partial charge in [-0.1, -0.05) is 27.7 Å². The fourth-order valence-corrected chi connectivity index (χ4v) is 5.72. The minimum Gasteiger partial charge on any atom is -0.465 e. The zero-order valence-corrected chi connectivity index (χ0v) is 24.4. The molecule has 0 bridgehead atoms. The molecule has 0 N–H and O–H groups in total. The third-order valence-corrected chi connectivity index (χ3v) is 8.69. The van der Waals surface area contributed by atoms with Gasteiger partial charge in [0.2, 0.25) is 0 Å². The highest BCUT2D eigenvalue weighted by Crippen LogP contribution is 2.37. The van der Waals surface area contributed by atoms with Gasteiger partial charge in [-0.25, -0.2) is 0 Å². The first-order valence-electron chi connectivity index (χ1n) is 14.9. The van der Waals surface area contributed by atoms with E-state index >= 15 is 0 Å². The molecule has 0 amide bonds. The average molecular weight is 567 g/mol. The van der Waals surface area contributed by atoms with Crippen molar-refractivity contribution in [2.75, 3.05) is 39.6 Å². The Morgan fingerprint density at radius 1 is 0.650 bits per heavy atom. The molecule has 2 saturated heterocycles. The maximum atomic E-state index is 13.0. The van der Waals surface area contributed by atoms with Gasteiger partial charge in [-0.2, -0.15) is 0 Å². The second-order valence-corrected chi connectivity index (χ2v) is 13.1. The van der Waals surface area contributed by atoms with Crippen LogP contribution < -0.4 is 0 Å². The molecule has 0 aromatic carbocycles. The number of carbonyl (C=O) groups excluding carboxylic acids is 4. The highest BCUT2D eigenvalue weighted by Gasteiger charge is 2.42. The predicted octanol–water partition coefficient (Wildman–Crippen LogP) is 3.48. The van der Waals surface area contributed by atoms with Crippen molar-refractivity contribution in [2.24, 2.45) is 40.9 Å². The second kappa shape index (κ2) is 13.6. The number of esters is 4. The maximum Gasteiger partial charge on any atom is 0.309 e. The number of hydrogen-bond acceptors (Lipinski definition) is 10. The third kappa shape index (κ3) is 9.16. The Morgan fingerprint density at radius 3 is 1.52 bits per heavy atom. The lowest BCUT2D eigenvalue weighted by molar-refractivity contribution is -0.166. The van der Waals surface area contributed by atoms with E-state index in [-0.39, 0.29) is 62.5 Å². The summed E-state index contributed by atoms with van der Waals surface area (Å²) in [5.41, 5.74) is -0.444. The molecule has 4 rings (SSSR count).